The van der Waals surface area contributed by atoms with Gasteiger partial charge in [0, 0.05) is 18.7 Å². The van der Waals surface area contributed by atoms with E-state index in [1.54, 1.807) is 6.33 Å². The summed E-state index contributed by atoms with van der Waals surface area (Å²) in [7, 11) is 0. The van der Waals surface area contributed by atoms with E-state index in [9.17, 15) is 0 Å². The summed E-state index contributed by atoms with van der Waals surface area (Å²) in [6, 6.07) is 0. The molecule has 3 N–H and O–H groups in total. The van der Waals surface area contributed by atoms with Crippen LogP contribution in [0.5, 0.6) is 0 Å². The minimum absolute atomic E-state index is 0.751. The summed E-state index contributed by atoms with van der Waals surface area (Å²) >= 11 is 0. The molecule has 1 saturated heterocycles. The van der Waals surface area contributed by atoms with Gasteiger partial charge in [0.25, 0.3) is 0 Å². The first kappa shape index (κ1) is 13.1. The number of aromatic nitrogens is 2. The van der Waals surface area contributed by atoms with Crippen molar-refractivity contribution in [2.45, 2.75) is 39.5 Å². The van der Waals surface area contributed by atoms with Gasteiger partial charge in [-0.05, 0) is 25.2 Å². The molecule has 18 heavy (non-hydrogen) atoms. The summed E-state index contributed by atoms with van der Waals surface area (Å²) in [5.74, 6) is 8.11. The van der Waals surface area contributed by atoms with E-state index in [1.807, 2.05) is 0 Å². The second kappa shape index (κ2) is 6.00. The van der Waals surface area contributed by atoms with Gasteiger partial charge in [-0.3, -0.25) is 0 Å². The standard InChI is InChI=1S/C13H23N5/c1-3-10-6-5-7-18(8-10)13-11(4-2)12(17-14)15-9-16-13/h9-10H,3-8,14H2,1-2H3,(H,15,16,17). The molecule has 1 atom stereocenters. The molecule has 1 aliphatic rings. The summed E-state index contributed by atoms with van der Waals surface area (Å²) < 4.78 is 0. The van der Waals surface area contributed by atoms with Crippen LogP contribution in [0.1, 0.15) is 38.7 Å². The van der Waals surface area contributed by atoms with Gasteiger partial charge in [0.1, 0.15) is 18.0 Å². The van der Waals surface area contributed by atoms with Crippen LogP contribution in [0, 0.1) is 5.92 Å². The summed E-state index contributed by atoms with van der Waals surface area (Å²) in [5.41, 5.74) is 3.80. The van der Waals surface area contributed by atoms with Crippen molar-refractivity contribution in [2.24, 2.45) is 11.8 Å². The van der Waals surface area contributed by atoms with Gasteiger partial charge in [-0.1, -0.05) is 20.3 Å². The van der Waals surface area contributed by atoms with Crippen molar-refractivity contribution in [2.75, 3.05) is 23.4 Å². The molecule has 0 aliphatic carbocycles. The number of nitrogens with zero attached hydrogens (tertiary/aromatic N) is 3. The Balaban J connectivity index is 2.26. The van der Waals surface area contributed by atoms with E-state index in [0.29, 0.717) is 0 Å². The number of nitrogen functional groups attached to an aromatic ring is 1. The van der Waals surface area contributed by atoms with E-state index in [1.165, 1.54) is 19.3 Å². The number of anilines is 2. The first-order chi connectivity index (χ1) is 8.80. The van der Waals surface area contributed by atoms with Gasteiger partial charge in [-0.2, -0.15) is 0 Å². The topological polar surface area (TPSA) is 67.1 Å². The minimum atomic E-state index is 0.751. The van der Waals surface area contributed by atoms with Crippen LogP contribution in [0.2, 0.25) is 0 Å². The van der Waals surface area contributed by atoms with E-state index >= 15 is 0 Å². The minimum Gasteiger partial charge on any atom is -0.356 e. The van der Waals surface area contributed by atoms with Gasteiger partial charge in [0.15, 0.2) is 0 Å². The highest BCUT2D eigenvalue weighted by molar-refractivity contribution is 5.58. The number of hydrogen-bond donors (Lipinski definition) is 2. The Morgan fingerprint density at radius 3 is 2.94 bits per heavy atom. The van der Waals surface area contributed by atoms with Crippen LogP contribution in [0.3, 0.4) is 0 Å². The predicted molar refractivity (Wildman–Crippen MR) is 74.4 cm³/mol. The van der Waals surface area contributed by atoms with Crippen molar-refractivity contribution in [1.82, 2.24) is 9.97 Å². The Morgan fingerprint density at radius 2 is 2.28 bits per heavy atom. The second-order valence-electron chi connectivity index (χ2n) is 4.88. The van der Waals surface area contributed by atoms with Crippen LogP contribution < -0.4 is 16.2 Å². The lowest BCUT2D eigenvalue weighted by Crippen LogP contribution is -2.36. The van der Waals surface area contributed by atoms with Gasteiger partial charge >= 0.3 is 0 Å². The number of nitrogens with one attached hydrogen (secondary N) is 1. The molecular formula is C13H23N5. The molecular weight excluding hydrogens is 226 g/mol. The molecule has 1 unspecified atom stereocenters. The number of nitrogens with two attached hydrogens (primary N) is 1. The summed E-state index contributed by atoms with van der Waals surface area (Å²) in [6.45, 7) is 6.57. The molecule has 2 rings (SSSR count). The highest BCUT2D eigenvalue weighted by Crippen LogP contribution is 2.28. The maximum absolute atomic E-state index is 5.52. The van der Waals surface area contributed by atoms with Crippen LogP contribution in [0.4, 0.5) is 11.6 Å². The highest BCUT2D eigenvalue weighted by Gasteiger charge is 2.22. The number of hydrogen-bond acceptors (Lipinski definition) is 5. The SMILES string of the molecule is CCc1c(NN)ncnc1N1CCCC(CC)C1. The van der Waals surface area contributed by atoms with Crippen molar-refractivity contribution >= 4 is 11.6 Å². The van der Waals surface area contributed by atoms with E-state index in [-0.39, 0.29) is 0 Å². The van der Waals surface area contributed by atoms with Gasteiger partial charge in [-0.25, -0.2) is 15.8 Å². The molecule has 1 fully saturated rings. The average molecular weight is 249 g/mol. The fraction of sp³-hybridized carbons (Fsp3) is 0.692. The van der Waals surface area contributed by atoms with Crippen LogP contribution in [0.25, 0.3) is 0 Å². The lowest BCUT2D eigenvalue weighted by molar-refractivity contribution is 0.402. The van der Waals surface area contributed by atoms with Crippen LogP contribution in [-0.4, -0.2) is 23.1 Å². The second-order valence-corrected chi connectivity index (χ2v) is 4.88. The molecule has 0 spiro atoms. The lowest BCUT2D eigenvalue weighted by Gasteiger charge is -2.34. The third-order valence-corrected chi connectivity index (χ3v) is 3.81. The Labute approximate surface area is 109 Å². The van der Waals surface area contributed by atoms with Crippen molar-refractivity contribution in [1.29, 1.82) is 0 Å². The smallest absolute Gasteiger partial charge is 0.148 e. The Hall–Kier alpha value is -1.36. The highest BCUT2D eigenvalue weighted by atomic mass is 15.3. The molecule has 1 aromatic rings. The zero-order chi connectivity index (χ0) is 13.0. The molecule has 5 heteroatoms. The summed E-state index contributed by atoms with van der Waals surface area (Å²) in [4.78, 5) is 11.0. The van der Waals surface area contributed by atoms with E-state index in [4.69, 9.17) is 5.84 Å². The molecule has 100 valence electrons. The van der Waals surface area contributed by atoms with Crippen molar-refractivity contribution in [3.05, 3.63) is 11.9 Å². The predicted octanol–water partition coefficient (Wildman–Crippen LogP) is 1.95. The maximum atomic E-state index is 5.52. The van der Waals surface area contributed by atoms with Crippen LogP contribution in [0.15, 0.2) is 6.33 Å². The largest absolute Gasteiger partial charge is 0.356 e. The van der Waals surface area contributed by atoms with Crippen molar-refractivity contribution in [3.8, 4) is 0 Å². The van der Waals surface area contributed by atoms with Crippen molar-refractivity contribution < 1.29 is 0 Å². The fourth-order valence-corrected chi connectivity index (χ4v) is 2.72. The zero-order valence-electron chi connectivity index (χ0n) is 11.3. The molecule has 0 radical (unpaired) electrons. The molecule has 0 amide bonds. The van der Waals surface area contributed by atoms with Crippen LogP contribution in [-0.2, 0) is 6.42 Å². The third-order valence-electron chi connectivity index (χ3n) is 3.81. The quantitative estimate of drug-likeness (QED) is 0.630. The third kappa shape index (κ3) is 2.56. The molecule has 0 bridgehead atoms. The Morgan fingerprint density at radius 1 is 1.44 bits per heavy atom. The zero-order valence-corrected chi connectivity index (χ0v) is 11.3. The Bertz CT molecular complexity index is 393. The van der Waals surface area contributed by atoms with E-state index in [2.05, 4.69) is 34.1 Å². The first-order valence-corrected chi connectivity index (χ1v) is 6.85. The number of rotatable bonds is 4. The average Bonchev–Trinajstić information content (AvgIpc) is 2.46. The van der Waals surface area contributed by atoms with E-state index < -0.39 is 0 Å². The molecule has 1 aromatic heterocycles. The first-order valence-electron chi connectivity index (χ1n) is 6.85. The molecule has 5 nitrogen and oxygen atoms in total. The summed E-state index contributed by atoms with van der Waals surface area (Å²) in [5, 5.41) is 0. The monoisotopic (exact) mass is 249 g/mol. The van der Waals surface area contributed by atoms with Gasteiger partial charge in [0.2, 0.25) is 0 Å². The molecule has 0 aromatic carbocycles. The van der Waals surface area contributed by atoms with Gasteiger partial charge in [-0.15, -0.1) is 0 Å². The van der Waals surface area contributed by atoms with Gasteiger partial charge < -0.3 is 10.3 Å². The van der Waals surface area contributed by atoms with Crippen LogP contribution >= 0.6 is 0 Å². The summed E-state index contributed by atoms with van der Waals surface area (Å²) in [6.07, 6.45) is 6.31. The van der Waals surface area contributed by atoms with E-state index in [0.717, 1.165) is 42.6 Å². The lowest BCUT2D eigenvalue weighted by atomic mass is 9.95. The molecule has 0 saturated carbocycles. The molecule has 1 aliphatic heterocycles. The maximum Gasteiger partial charge on any atom is 0.148 e. The fourth-order valence-electron chi connectivity index (χ4n) is 2.72. The van der Waals surface area contributed by atoms with Gasteiger partial charge in [0.05, 0.1) is 0 Å². The molecule has 2 heterocycles. The van der Waals surface area contributed by atoms with Crippen molar-refractivity contribution in [3.63, 3.8) is 0 Å². The normalized spacial score (nSPS) is 19.9. The number of piperidine rings is 1. The Kier molecular flexibility index (Phi) is 4.36. The number of hydrazine groups is 1.